The van der Waals surface area contributed by atoms with Crippen molar-refractivity contribution < 1.29 is 42.1 Å². The van der Waals surface area contributed by atoms with Gasteiger partial charge in [-0.15, -0.1) is 0 Å². The Hall–Kier alpha value is -2.29. The molecule has 0 aliphatic carbocycles. The monoisotopic (exact) mass is 920 g/mol. The summed E-state index contributed by atoms with van der Waals surface area (Å²) in [5.74, 6) is -0.844. The lowest BCUT2D eigenvalue weighted by atomic mass is 10.0. The fourth-order valence-electron chi connectivity index (χ4n) is 6.99. The van der Waals surface area contributed by atoms with Gasteiger partial charge in [0.15, 0.2) is 6.10 Å². The zero-order valence-electron chi connectivity index (χ0n) is 42.0. The lowest BCUT2D eigenvalue weighted by Crippen LogP contribution is -2.37. The first-order valence-electron chi connectivity index (χ1n) is 26.0. The van der Waals surface area contributed by atoms with Gasteiger partial charge in [0.05, 0.1) is 27.7 Å². The predicted octanol–water partition coefficient (Wildman–Crippen LogP) is 15.0. The third kappa shape index (κ3) is 49.2. The van der Waals surface area contributed by atoms with Crippen molar-refractivity contribution in [2.75, 3.05) is 47.5 Å². The number of esters is 2. The number of hydrogen-bond acceptors (Lipinski definition) is 8. The minimum absolute atomic E-state index is 0.0338. The first-order valence-corrected chi connectivity index (χ1v) is 27.5. The fraction of sp³-hybridized carbons (Fsp3) is 0.778. The molecule has 0 saturated carbocycles. The number of allylic oxidation sites excluding steroid dienone is 10. The smallest absolute Gasteiger partial charge is 0.306 e. The van der Waals surface area contributed by atoms with Gasteiger partial charge in [-0.2, -0.15) is 0 Å². The largest absolute Gasteiger partial charge is 0.756 e. The highest BCUT2D eigenvalue weighted by atomic mass is 31.2. The number of quaternary nitrogens is 1. The van der Waals surface area contributed by atoms with Crippen LogP contribution >= 0.6 is 7.82 Å². The van der Waals surface area contributed by atoms with Crippen molar-refractivity contribution in [2.24, 2.45) is 0 Å². The number of likely N-dealkylation sites (N-methyl/N-ethyl adjacent to an activating group) is 1. The van der Waals surface area contributed by atoms with Gasteiger partial charge in [0.1, 0.15) is 19.8 Å². The maximum absolute atomic E-state index is 12.8. The average molecular weight is 920 g/mol. The Morgan fingerprint density at radius 2 is 0.891 bits per heavy atom. The number of phosphoric ester groups is 1. The molecular formula is C54H98NO8P. The van der Waals surface area contributed by atoms with Crippen molar-refractivity contribution in [3.05, 3.63) is 60.8 Å². The Balaban J connectivity index is 4.21. The number of nitrogens with zero attached hydrogens (tertiary/aromatic N) is 1. The molecule has 2 atom stereocenters. The summed E-state index contributed by atoms with van der Waals surface area (Å²) >= 11 is 0. The number of carbonyl (C=O) groups is 2. The van der Waals surface area contributed by atoms with Gasteiger partial charge in [-0.1, -0.05) is 190 Å². The molecule has 2 unspecified atom stereocenters. The number of phosphoric acid groups is 1. The van der Waals surface area contributed by atoms with E-state index < -0.39 is 32.5 Å². The van der Waals surface area contributed by atoms with E-state index in [9.17, 15) is 19.0 Å². The molecule has 0 radical (unpaired) electrons. The van der Waals surface area contributed by atoms with E-state index in [1.54, 1.807) is 0 Å². The Labute approximate surface area is 394 Å². The van der Waals surface area contributed by atoms with Crippen LogP contribution < -0.4 is 4.89 Å². The molecule has 0 bridgehead atoms. The maximum Gasteiger partial charge on any atom is 0.306 e. The molecule has 372 valence electrons. The van der Waals surface area contributed by atoms with E-state index in [1.807, 2.05) is 21.1 Å². The highest BCUT2D eigenvalue weighted by molar-refractivity contribution is 7.45. The van der Waals surface area contributed by atoms with Gasteiger partial charge >= 0.3 is 11.9 Å². The molecule has 0 fully saturated rings. The molecule has 0 amide bonds. The van der Waals surface area contributed by atoms with E-state index in [4.69, 9.17) is 18.5 Å². The lowest BCUT2D eigenvalue weighted by molar-refractivity contribution is -0.870. The minimum atomic E-state index is -4.63. The third-order valence-corrected chi connectivity index (χ3v) is 12.0. The summed E-state index contributed by atoms with van der Waals surface area (Å²) in [7, 11) is 1.16. The van der Waals surface area contributed by atoms with E-state index in [1.165, 1.54) is 103 Å². The Morgan fingerprint density at radius 3 is 1.34 bits per heavy atom. The number of hydrogen-bond donors (Lipinski definition) is 0. The second-order valence-electron chi connectivity index (χ2n) is 18.5. The molecule has 0 aromatic heterocycles. The lowest BCUT2D eigenvalue weighted by Gasteiger charge is -2.28. The van der Waals surface area contributed by atoms with Crippen LogP contribution in [0.15, 0.2) is 60.8 Å². The first-order chi connectivity index (χ1) is 31.0. The third-order valence-electron chi connectivity index (χ3n) is 11.0. The van der Waals surface area contributed by atoms with Gasteiger partial charge in [-0.05, 0) is 77.0 Å². The summed E-state index contributed by atoms with van der Waals surface area (Å²) in [5, 5.41) is 0. The van der Waals surface area contributed by atoms with Gasteiger partial charge in [0.2, 0.25) is 0 Å². The molecule has 9 nitrogen and oxygen atoms in total. The van der Waals surface area contributed by atoms with Gasteiger partial charge < -0.3 is 27.9 Å². The number of unbranched alkanes of at least 4 members (excludes halogenated alkanes) is 23. The molecule has 0 aromatic carbocycles. The zero-order valence-corrected chi connectivity index (χ0v) is 42.9. The summed E-state index contributed by atoms with van der Waals surface area (Å²) in [6.45, 7) is 4.11. The number of carbonyl (C=O) groups excluding carboxylic acids is 2. The summed E-state index contributed by atoms with van der Waals surface area (Å²) in [4.78, 5) is 37.7. The molecule has 0 N–H and O–H groups in total. The number of ether oxygens (including phenoxy) is 2. The summed E-state index contributed by atoms with van der Waals surface area (Å²) < 4.78 is 34.0. The van der Waals surface area contributed by atoms with Crippen LogP contribution in [0, 0.1) is 0 Å². The Kier molecular flexibility index (Phi) is 44.2. The predicted molar refractivity (Wildman–Crippen MR) is 268 cm³/mol. The van der Waals surface area contributed by atoms with E-state index in [2.05, 4.69) is 74.6 Å². The quantitative estimate of drug-likeness (QED) is 0.0195. The van der Waals surface area contributed by atoms with E-state index in [0.29, 0.717) is 17.4 Å². The van der Waals surface area contributed by atoms with Gasteiger partial charge in [-0.3, -0.25) is 14.2 Å². The number of rotatable bonds is 47. The van der Waals surface area contributed by atoms with Gasteiger partial charge in [0, 0.05) is 12.8 Å². The van der Waals surface area contributed by atoms with Crippen LogP contribution in [0.3, 0.4) is 0 Å². The maximum atomic E-state index is 12.8. The topological polar surface area (TPSA) is 111 Å². The highest BCUT2D eigenvalue weighted by Gasteiger charge is 2.21. The molecule has 64 heavy (non-hydrogen) atoms. The Bertz CT molecular complexity index is 1270. The molecule has 0 aromatic rings. The molecule has 0 aliphatic heterocycles. The minimum Gasteiger partial charge on any atom is -0.756 e. The van der Waals surface area contributed by atoms with Gasteiger partial charge in [0.25, 0.3) is 7.82 Å². The second kappa shape index (κ2) is 45.8. The van der Waals surface area contributed by atoms with E-state index in [0.717, 1.165) is 83.5 Å². The fourth-order valence-corrected chi connectivity index (χ4v) is 7.72. The van der Waals surface area contributed by atoms with Gasteiger partial charge in [-0.25, -0.2) is 0 Å². The average Bonchev–Trinajstić information content (AvgIpc) is 3.25. The normalized spacial score (nSPS) is 13.9. The van der Waals surface area contributed by atoms with Crippen molar-refractivity contribution in [2.45, 2.75) is 225 Å². The summed E-state index contributed by atoms with van der Waals surface area (Å²) in [6.07, 6.45) is 56.8. The summed E-state index contributed by atoms with van der Waals surface area (Å²) in [6, 6.07) is 0. The standard InChI is InChI=1S/C54H98NO8P/c1-6-8-10-12-14-16-18-20-22-23-24-25-26-27-28-29-30-31-33-35-37-39-41-43-45-47-54(57)63-52(51-62-64(58,59)61-49-48-55(3,4)5)50-60-53(56)46-44-42-40-38-36-34-32-21-19-17-15-13-11-9-7-2/h8,10,14,16,20-22,24-25,32,52H,6-7,9,11-13,15,17-19,23,26-31,33-51H2,1-5H3/b10-8-,16-14-,22-20-,25-24-,32-21-. The molecule has 0 aliphatic rings. The second-order valence-corrected chi connectivity index (χ2v) is 19.9. The van der Waals surface area contributed by atoms with Crippen LogP contribution in [-0.2, 0) is 32.7 Å². The van der Waals surface area contributed by atoms with Crippen molar-refractivity contribution in [1.82, 2.24) is 0 Å². The Morgan fingerprint density at radius 1 is 0.500 bits per heavy atom. The molecular weight excluding hydrogens is 822 g/mol. The SMILES string of the molecule is CC/C=C\C/C=C\C/C=C\C/C=C\CCCCCCCCCCCCCCC(=O)OC(COC(=O)CCCCCCC/C=C\CCCCCCCC)COP(=O)([O-])OCC[N+](C)(C)C. The summed E-state index contributed by atoms with van der Waals surface area (Å²) in [5.41, 5.74) is 0. The van der Waals surface area contributed by atoms with Crippen molar-refractivity contribution in [3.8, 4) is 0 Å². The van der Waals surface area contributed by atoms with Crippen LogP contribution in [0.4, 0.5) is 0 Å². The first kappa shape index (κ1) is 61.7. The molecule has 0 saturated heterocycles. The van der Waals surface area contributed by atoms with Crippen LogP contribution in [0.1, 0.15) is 219 Å². The molecule has 0 spiro atoms. The molecule has 0 heterocycles. The highest BCUT2D eigenvalue weighted by Crippen LogP contribution is 2.38. The van der Waals surface area contributed by atoms with E-state index in [-0.39, 0.29) is 26.1 Å². The van der Waals surface area contributed by atoms with Crippen LogP contribution in [0.2, 0.25) is 0 Å². The van der Waals surface area contributed by atoms with Crippen molar-refractivity contribution in [3.63, 3.8) is 0 Å². The van der Waals surface area contributed by atoms with Crippen LogP contribution in [-0.4, -0.2) is 70.0 Å². The van der Waals surface area contributed by atoms with Crippen LogP contribution in [0.25, 0.3) is 0 Å². The van der Waals surface area contributed by atoms with Crippen LogP contribution in [0.5, 0.6) is 0 Å². The molecule has 10 heteroatoms. The van der Waals surface area contributed by atoms with Crippen molar-refractivity contribution in [1.29, 1.82) is 0 Å². The van der Waals surface area contributed by atoms with E-state index >= 15 is 0 Å². The van der Waals surface area contributed by atoms with Crippen molar-refractivity contribution >= 4 is 19.8 Å². The zero-order chi connectivity index (χ0) is 47.1. The molecule has 0 rings (SSSR count).